The van der Waals surface area contributed by atoms with Crippen LogP contribution in [0.3, 0.4) is 0 Å². The van der Waals surface area contributed by atoms with E-state index < -0.39 is 17.7 Å². The van der Waals surface area contributed by atoms with Gasteiger partial charge in [0.15, 0.2) is 17.5 Å². The summed E-state index contributed by atoms with van der Waals surface area (Å²) < 4.78 is 15.2. The van der Waals surface area contributed by atoms with Crippen molar-refractivity contribution in [2.24, 2.45) is 5.92 Å². The Balaban J connectivity index is 1.80. The molecule has 0 spiro atoms. The van der Waals surface area contributed by atoms with Crippen LogP contribution in [0.1, 0.15) is 51.1 Å². The highest BCUT2D eigenvalue weighted by Gasteiger charge is 2.32. The first-order valence-electron chi connectivity index (χ1n) is 10.0. The molecule has 2 atom stereocenters. The molecule has 1 saturated carbocycles. The summed E-state index contributed by atoms with van der Waals surface area (Å²) in [4.78, 5) is 27.9. The lowest BCUT2D eigenvalue weighted by molar-refractivity contribution is -0.143. The molecule has 0 bridgehead atoms. The Hall–Kier alpha value is -2.74. The molecule has 158 valence electrons. The number of aromatic nitrogens is 4. The van der Waals surface area contributed by atoms with Gasteiger partial charge in [-0.2, -0.15) is 0 Å². The highest BCUT2D eigenvalue weighted by Crippen LogP contribution is 2.33. The van der Waals surface area contributed by atoms with Crippen molar-refractivity contribution in [2.45, 2.75) is 51.5 Å². The van der Waals surface area contributed by atoms with Crippen LogP contribution in [0.2, 0.25) is 5.02 Å². The second kappa shape index (κ2) is 8.18. The molecular formula is C21H23ClFN5O2. The number of H-pyrrole nitrogens is 1. The number of carbonyl (C=O) groups is 1. The van der Waals surface area contributed by atoms with Crippen molar-refractivity contribution in [3.63, 3.8) is 0 Å². The van der Waals surface area contributed by atoms with E-state index in [0.717, 1.165) is 18.2 Å². The van der Waals surface area contributed by atoms with E-state index in [0.29, 0.717) is 34.9 Å². The summed E-state index contributed by atoms with van der Waals surface area (Å²) in [6.07, 6.45) is 6.22. The summed E-state index contributed by atoms with van der Waals surface area (Å²) in [7, 11) is 0. The van der Waals surface area contributed by atoms with Crippen LogP contribution in [0.25, 0.3) is 22.4 Å². The molecule has 30 heavy (non-hydrogen) atoms. The van der Waals surface area contributed by atoms with Gasteiger partial charge in [0.05, 0.1) is 16.6 Å². The van der Waals surface area contributed by atoms with E-state index in [1.165, 1.54) is 6.20 Å². The van der Waals surface area contributed by atoms with E-state index >= 15 is 4.39 Å². The number of carboxylic acids is 1. The number of fused-ring (bicyclic) bond motifs is 1. The molecule has 0 radical (unpaired) electrons. The molecule has 3 N–H and O–H groups in total. The number of nitrogens with one attached hydrogen (secondary N) is 2. The molecule has 1 aliphatic rings. The average molecular weight is 432 g/mol. The number of aromatic amines is 1. The Bertz CT molecular complexity index is 1100. The third kappa shape index (κ3) is 3.84. The lowest BCUT2D eigenvalue weighted by Crippen LogP contribution is -2.37. The predicted octanol–water partition coefficient (Wildman–Crippen LogP) is 4.99. The summed E-state index contributed by atoms with van der Waals surface area (Å²) in [5.41, 5.74) is 1.55. The maximum atomic E-state index is 15.2. The summed E-state index contributed by atoms with van der Waals surface area (Å²) in [6.45, 7) is 3.71. The van der Waals surface area contributed by atoms with E-state index in [2.05, 4.69) is 25.3 Å². The van der Waals surface area contributed by atoms with Crippen LogP contribution in [-0.4, -0.2) is 37.1 Å². The second-order valence-electron chi connectivity index (χ2n) is 7.98. The molecule has 9 heteroatoms. The van der Waals surface area contributed by atoms with E-state index in [1.54, 1.807) is 12.3 Å². The van der Waals surface area contributed by atoms with Crippen LogP contribution in [0.15, 0.2) is 18.5 Å². The lowest BCUT2D eigenvalue weighted by atomic mass is 9.84. The molecule has 7 nitrogen and oxygen atoms in total. The number of anilines is 1. The van der Waals surface area contributed by atoms with Gasteiger partial charge in [0.25, 0.3) is 0 Å². The molecule has 3 aromatic heterocycles. The zero-order valence-electron chi connectivity index (χ0n) is 16.7. The first-order chi connectivity index (χ1) is 14.3. The minimum absolute atomic E-state index is 0.0335. The lowest BCUT2D eigenvalue weighted by Gasteiger charge is -2.30. The standard InChI is InChI=1S/C21H23ClFN5O2/c1-10(2)17-16(23)20(26-15-6-4-3-5-12(15)21(29)30)28-19(27-17)14-9-25-18-13(14)7-11(22)8-24-18/h7-10,12,15H,3-6H2,1-2H3,(H,24,25)(H,29,30)(H,26,27,28)/t12-,15-/m0/s1. The van der Waals surface area contributed by atoms with Crippen molar-refractivity contribution in [1.82, 2.24) is 19.9 Å². The number of halogens is 2. The van der Waals surface area contributed by atoms with Crippen LogP contribution in [0.5, 0.6) is 0 Å². The van der Waals surface area contributed by atoms with Crippen LogP contribution in [0.4, 0.5) is 10.2 Å². The third-order valence-corrected chi connectivity index (χ3v) is 5.77. The highest BCUT2D eigenvalue weighted by atomic mass is 35.5. The molecule has 0 aliphatic heterocycles. The first-order valence-corrected chi connectivity index (χ1v) is 10.4. The summed E-state index contributed by atoms with van der Waals surface area (Å²) in [5, 5.41) is 13.8. The fraction of sp³-hybridized carbons (Fsp3) is 0.429. The van der Waals surface area contributed by atoms with Gasteiger partial charge in [0.1, 0.15) is 5.65 Å². The number of nitrogens with zero attached hydrogens (tertiary/aromatic N) is 3. The molecule has 0 unspecified atom stereocenters. The average Bonchev–Trinajstić information content (AvgIpc) is 3.12. The van der Waals surface area contributed by atoms with Crippen molar-refractivity contribution in [1.29, 1.82) is 0 Å². The van der Waals surface area contributed by atoms with Gasteiger partial charge in [-0.3, -0.25) is 4.79 Å². The Kier molecular flexibility index (Phi) is 5.60. The van der Waals surface area contributed by atoms with Gasteiger partial charge in [-0.1, -0.05) is 38.3 Å². The van der Waals surface area contributed by atoms with Crippen LogP contribution in [-0.2, 0) is 4.79 Å². The van der Waals surface area contributed by atoms with E-state index in [1.807, 2.05) is 13.8 Å². The molecule has 0 aromatic carbocycles. The van der Waals surface area contributed by atoms with Gasteiger partial charge in [-0.15, -0.1) is 0 Å². The number of aliphatic carboxylic acids is 1. The predicted molar refractivity (Wildman–Crippen MR) is 113 cm³/mol. The Morgan fingerprint density at radius 2 is 2.10 bits per heavy atom. The number of carboxylic acid groups (broad SMARTS) is 1. The molecular weight excluding hydrogens is 409 g/mol. The zero-order valence-corrected chi connectivity index (χ0v) is 17.5. The topological polar surface area (TPSA) is 104 Å². The fourth-order valence-electron chi connectivity index (χ4n) is 4.00. The Labute approximate surface area is 178 Å². The molecule has 3 heterocycles. The van der Waals surface area contributed by atoms with Crippen LogP contribution >= 0.6 is 11.6 Å². The van der Waals surface area contributed by atoms with Crippen molar-refractivity contribution in [2.75, 3.05) is 5.32 Å². The van der Waals surface area contributed by atoms with E-state index in [4.69, 9.17) is 11.6 Å². The van der Waals surface area contributed by atoms with Crippen molar-refractivity contribution >= 4 is 34.4 Å². The minimum atomic E-state index is -0.872. The molecule has 0 saturated heterocycles. The van der Waals surface area contributed by atoms with Crippen molar-refractivity contribution < 1.29 is 14.3 Å². The van der Waals surface area contributed by atoms with Crippen LogP contribution in [0, 0.1) is 11.7 Å². The Morgan fingerprint density at radius 3 is 2.83 bits per heavy atom. The van der Waals surface area contributed by atoms with Gasteiger partial charge < -0.3 is 15.4 Å². The molecule has 4 rings (SSSR count). The first kappa shape index (κ1) is 20.5. The van der Waals surface area contributed by atoms with Gasteiger partial charge in [-0.25, -0.2) is 19.3 Å². The molecule has 1 aliphatic carbocycles. The monoisotopic (exact) mass is 431 g/mol. The summed E-state index contributed by atoms with van der Waals surface area (Å²) in [5.74, 6) is -1.80. The number of hydrogen-bond donors (Lipinski definition) is 3. The molecule has 1 fully saturated rings. The third-order valence-electron chi connectivity index (χ3n) is 5.57. The molecule has 3 aromatic rings. The van der Waals surface area contributed by atoms with E-state index in [-0.39, 0.29) is 23.5 Å². The maximum absolute atomic E-state index is 15.2. The van der Waals surface area contributed by atoms with Crippen molar-refractivity contribution in [3.05, 3.63) is 35.0 Å². The minimum Gasteiger partial charge on any atom is -0.481 e. The highest BCUT2D eigenvalue weighted by molar-refractivity contribution is 6.31. The number of rotatable bonds is 5. The fourth-order valence-corrected chi connectivity index (χ4v) is 4.16. The van der Waals surface area contributed by atoms with Crippen molar-refractivity contribution in [3.8, 4) is 11.4 Å². The normalized spacial score (nSPS) is 19.4. The second-order valence-corrected chi connectivity index (χ2v) is 8.42. The van der Waals surface area contributed by atoms with Gasteiger partial charge in [0, 0.05) is 29.4 Å². The van der Waals surface area contributed by atoms with Gasteiger partial charge in [-0.05, 0) is 24.8 Å². The van der Waals surface area contributed by atoms with Gasteiger partial charge in [0.2, 0.25) is 0 Å². The zero-order chi connectivity index (χ0) is 21.4. The number of hydrogen-bond acceptors (Lipinski definition) is 5. The quantitative estimate of drug-likeness (QED) is 0.525. The largest absolute Gasteiger partial charge is 0.481 e. The smallest absolute Gasteiger partial charge is 0.308 e. The number of pyridine rings is 1. The Morgan fingerprint density at radius 1 is 1.33 bits per heavy atom. The maximum Gasteiger partial charge on any atom is 0.308 e. The summed E-state index contributed by atoms with van der Waals surface area (Å²) in [6, 6.07) is 1.37. The summed E-state index contributed by atoms with van der Waals surface area (Å²) >= 11 is 6.10. The van der Waals surface area contributed by atoms with E-state index in [9.17, 15) is 9.90 Å². The SMILES string of the molecule is CC(C)c1nc(-c2c[nH]c3ncc(Cl)cc23)nc(N[C@H]2CCCC[C@@H]2C(=O)O)c1F. The van der Waals surface area contributed by atoms with Gasteiger partial charge >= 0.3 is 5.97 Å². The molecule has 0 amide bonds. The van der Waals surface area contributed by atoms with Crippen LogP contribution < -0.4 is 5.32 Å².